The van der Waals surface area contributed by atoms with Crippen LogP contribution in [0.2, 0.25) is 0 Å². The number of amides is 1. The summed E-state index contributed by atoms with van der Waals surface area (Å²) in [4.78, 5) is 13.6. The molecule has 1 amide bonds. The zero-order chi connectivity index (χ0) is 13.7. The normalized spacial score (nSPS) is 22.2. The molecule has 5 heteroatoms. The summed E-state index contributed by atoms with van der Waals surface area (Å²) in [6.07, 6.45) is -0.297. The standard InChI is InChI=1S/C14H20N2O3/c1-16(12-8-15-9-13(12)18-2)14(17)19-10-11-6-4-3-5-7-11/h3-7,12-13,15H,8-10H2,1-2H3/t12-,13-/m0/s1. The van der Waals surface area contributed by atoms with Gasteiger partial charge in [0.05, 0.1) is 12.1 Å². The Morgan fingerprint density at radius 2 is 2.11 bits per heavy atom. The van der Waals surface area contributed by atoms with Gasteiger partial charge in [-0.2, -0.15) is 0 Å². The van der Waals surface area contributed by atoms with Gasteiger partial charge in [-0.3, -0.25) is 0 Å². The summed E-state index contributed by atoms with van der Waals surface area (Å²) >= 11 is 0. The summed E-state index contributed by atoms with van der Waals surface area (Å²) in [5.74, 6) is 0. The van der Waals surface area contributed by atoms with Crippen LogP contribution in [0.4, 0.5) is 4.79 Å². The Labute approximate surface area is 113 Å². The highest BCUT2D eigenvalue weighted by atomic mass is 16.6. The molecule has 1 heterocycles. The monoisotopic (exact) mass is 264 g/mol. The lowest BCUT2D eigenvalue weighted by molar-refractivity contribution is 0.0397. The number of benzene rings is 1. The number of hydrogen-bond donors (Lipinski definition) is 1. The number of carbonyl (C=O) groups excluding carboxylic acids is 1. The Hall–Kier alpha value is -1.59. The molecule has 1 aliphatic rings. The third kappa shape index (κ3) is 3.45. The van der Waals surface area contributed by atoms with Crippen LogP contribution in [0.3, 0.4) is 0 Å². The topological polar surface area (TPSA) is 50.8 Å². The number of nitrogens with one attached hydrogen (secondary N) is 1. The van der Waals surface area contributed by atoms with E-state index in [-0.39, 0.29) is 18.2 Å². The first-order valence-electron chi connectivity index (χ1n) is 6.39. The lowest BCUT2D eigenvalue weighted by Gasteiger charge is -2.27. The van der Waals surface area contributed by atoms with Crippen molar-refractivity contribution in [3.8, 4) is 0 Å². The van der Waals surface area contributed by atoms with E-state index in [2.05, 4.69) is 5.32 Å². The summed E-state index contributed by atoms with van der Waals surface area (Å²) in [7, 11) is 3.41. The lowest BCUT2D eigenvalue weighted by atomic mass is 10.2. The van der Waals surface area contributed by atoms with Gasteiger partial charge in [0.25, 0.3) is 0 Å². The number of carbonyl (C=O) groups is 1. The highest BCUT2D eigenvalue weighted by molar-refractivity contribution is 5.67. The van der Waals surface area contributed by atoms with Gasteiger partial charge in [-0.05, 0) is 5.56 Å². The summed E-state index contributed by atoms with van der Waals surface area (Å²) in [6, 6.07) is 9.67. The number of rotatable bonds is 4. The SMILES string of the molecule is CO[C@H]1CNC[C@@H]1N(C)C(=O)OCc1ccccc1. The molecule has 2 rings (SSSR count). The van der Waals surface area contributed by atoms with Crippen LogP contribution in [0.15, 0.2) is 30.3 Å². The first-order chi connectivity index (χ1) is 9.22. The zero-order valence-corrected chi connectivity index (χ0v) is 11.3. The van der Waals surface area contributed by atoms with E-state index in [4.69, 9.17) is 9.47 Å². The Morgan fingerprint density at radius 1 is 1.37 bits per heavy atom. The third-order valence-electron chi connectivity index (χ3n) is 3.42. The van der Waals surface area contributed by atoms with E-state index >= 15 is 0 Å². The molecule has 104 valence electrons. The molecule has 0 aromatic heterocycles. The van der Waals surface area contributed by atoms with Crippen LogP contribution >= 0.6 is 0 Å². The van der Waals surface area contributed by atoms with Crippen LogP contribution in [-0.2, 0) is 16.1 Å². The van der Waals surface area contributed by atoms with E-state index in [1.54, 1.807) is 19.1 Å². The van der Waals surface area contributed by atoms with Crippen molar-refractivity contribution in [2.24, 2.45) is 0 Å². The molecule has 1 saturated heterocycles. The number of methoxy groups -OCH3 is 1. The second-order valence-electron chi connectivity index (χ2n) is 4.65. The molecule has 0 unspecified atom stereocenters. The second kappa shape index (κ2) is 6.54. The van der Waals surface area contributed by atoms with Crippen molar-refractivity contribution in [2.45, 2.75) is 18.8 Å². The molecule has 19 heavy (non-hydrogen) atoms. The first-order valence-corrected chi connectivity index (χ1v) is 6.39. The van der Waals surface area contributed by atoms with Crippen LogP contribution in [0.25, 0.3) is 0 Å². The maximum Gasteiger partial charge on any atom is 0.410 e. The van der Waals surface area contributed by atoms with Gasteiger partial charge >= 0.3 is 6.09 Å². The number of hydrogen-bond acceptors (Lipinski definition) is 4. The molecule has 0 aliphatic carbocycles. The van der Waals surface area contributed by atoms with Gasteiger partial charge in [0.1, 0.15) is 6.61 Å². The molecule has 0 saturated carbocycles. The van der Waals surface area contributed by atoms with Crippen molar-refractivity contribution in [2.75, 3.05) is 27.2 Å². The first kappa shape index (κ1) is 13.8. The van der Waals surface area contributed by atoms with E-state index in [1.165, 1.54) is 0 Å². The third-order valence-corrected chi connectivity index (χ3v) is 3.42. The number of nitrogens with zero attached hydrogens (tertiary/aromatic N) is 1. The Morgan fingerprint density at radius 3 is 2.79 bits per heavy atom. The quantitative estimate of drug-likeness (QED) is 0.889. The highest BCUT2D eigenvalue weighted by Gasteiger charge is 2.33. The average molecular weight is 264 g/mol. The Bertz CT molecular complexity index is 410. The maximum absolute atomic E-state index is 12.0. The van der Waals surface area contributed by atoms with Crippen LogP contribution in [0, 0.1) is 0 Å². The molecular weight excluding hydrogens is 244 g/mol. The number of ether oxygens (including phenoxy) is 2. The summed E-state index contributed by atoms with van der Waals surface area (Å²) < 4.78 is 10.6. The van der Waals surface area contributed by atoms with Crippen LogP contribution in [-0.4, -0.2) is 50.4 Å². The fourth-order valence-electron chi connectivity index (χ4n) is 2.22. The van der Waals surface area contributed by atoms with Crippen LogP contribution in [0.5, 0.6) is 0 Å². The minimum absolute atomic E-state index is 0.0215. The molecule has 1 aromatic carbocycles. The number of likely N-dealkylation sites (N-methyl/N-ethyl adjacent to an activating group) is 1. The van der Waals surface area contributed by atoms with Crippen LogP contribution < -0.4 is 5.32 Å². The van der Waals surface area contributed by atoms with Gasteiger partial charge in [0, 0.05) is 27.2 Å². The largest absolute Gasteiger partial charge is 0.445 e. The smallest absolute Gasteiger partial charge is 0.410 e. The molecular formula is C14H20N2O3. The molecule has 0 radical (unpaired) electrons. The lowest BCUT2D eigenvalue weighted by Crippen LogP contribution is -2.45. The van der Waals surface area contributed by atoms with E-state index in [1.807, 2.05) is 30.3 Å². The fourth-order valence-corrected chi connectivity index (χ4v) is 2.22. The fraction of sp³-hybridized carbons (Fsp3) is 0.500. The predicted octanol–water partition coefficient (Wildman–Crippen LogP) is 1.24. The van der Waals surface area contributed by atoms with Crippen molar-refractivity contribution >= 4 is 6.09 Å². The van der Waals surface area contributed by atoms with Crippen molar-refractivity contribution < 1.29 is 14.3 Å². The molecule has 1 N–H and O–H groups in total. The minimum atomic E-state index is -0.320. The molecule has 0 spiro atoms. The highest BCUT2D eigenvalue weighted by Crippen LogP contribution is 2.12. The van der Waals surface area contributed by atoms with Gasteiger partial charge in [-0.15, -0.1) is 0 Å². The maximum atomic E-state index is 12.0. The van der Waals surface area contributed by atoms with Gasteiger partial charge < -0.3 is 19.7 Å². The Balaban J connectivity index is 1.85. The Kier molecular flexibility index (Phi) is 4.76. The van der Waals surface area contributed by atoms with Crippen molar-refractivity contribution in [3.63, 3.8) is 0 Å². The van der Waals surface area contributed by atoms with E-state index in [0.29, 0.717) is 6.61 Å². The average Bonchev–Trinajstić information content (AvgIpc) is 2.93. The van der Waals surface area contributed by atoms with Crippen molar-refractivity contribution in [3.05, 3.63) is 35.9 Å². The molecule has 1 fully saturated rings. The van der Waals surface area contributed by atoms with E-state index in [0.717, 1.165) is 18.7 Å². The van der Waals surface area contributed by atoms with Crippen molar-refractivity contribution in [1.29, 1.82) is 0 Å². The van der Waals surface area contributed by atoms with E-state index in [9.17, 15) is 4.79 Å². The molecule has 1 aliphatic heterocycles. The summed E-state index contributed by atoms with van der Waals surface area (Å²) in [6.45, 7) is 1.79. The van der Waals surface area contributed by atoms with Gasteiger partial charge in [0.2, 0.25) is 0 Å². The second-order valence-corrected chi connectivity index (χ2v) is 4.65. The van der Waals surface area contributed by atoms with Gasteiger partial charge in [0.15, 0.2) is 0 Å². The summed E-state index contributed by atoms with van der Waals surface area (Å²) in [5, 5.41) is 3.21. The molecule has 5 nitrogen and oxygen atoms in total. The minimum Gasteiger partial charge on any atom is -0.445 e. The molecule has 0 bridgehead atoms. The van der Waals surface area contributed by atoms with Crippen LogP contribution in [0.1, 0.15) is 5.56 Å². The van der Waals surface area contributed by atoms with Gasteiger partial charge in [-0.1, -0.05) is 30.3 Å². The predicted molar refractivity (Wildman–Crippen MR) is 71.8 cm³/mol. The zero-order valence-electron chi connectivity index (χ0n) is 11.3. The molecule has 2 atom stereocenters. The van der Waals surface area contributed by atoms with Gasteiger partial charge in [-0.25, -0.2) is 4.79 Å². The molecule has 1 aromatic rings. The van der Waals surface area contributed by atoms with Crippen molar-refractivity contribution in [1.82, 2.24) is 10.2 Å². The summed E-state index contributed by atoms with van der Waals surface area (Å²) in [5.41, 5.74) is 0.983. The van der Waals surface area contributed by atoms with E-state index < -0.39 is 0 Å².